The molecule has 1 atom stereocenters. The Kier molecular flexibility index (Phi) is 3.63. The van der Waals surface area contributed by atoms with Crippen molar-refractivity contribution in [2.75, 3.05) is 29.9 Å². The molecule has 1 unspecified atom stereocenters. The molecule has 21 heavy (non-hydrogen) atoms. The minimum atomic E-state index is -0.705. The zero-order valence-electron chi connectivity index (χ0n) is 11.8. The van der Waals surface area contributed by atoms with E-state index >= 15 is 0 Å². The molecule has 0 bridgehead atoms. The van der Waals surface area contributed by atoms with Crippen molar-refractivity contribution in [3.05, 3.63) is 23.5 Å². The van der Waals surface area contributed by atoms with Crippen LogP contribution in [0.3, 0.4) is 0 Å². The molecule has 6 heteroatoms. The second-order valence-corrected chi connectivity index (χ2v) is 5.31. The van der Waals surface area contributed by atoms with Gasteiger partial charge in [0.2, 0.25) is 0 Å². The van der Waals surface area contributed by atoms with E-state index in [0.29, 0.717) is 24.5 Å². The van der Waals surface area contributed by atoms with E-state index in [-0.39, 0.29) is 11.7 Å². The largest absolute Gasteiger partial charge is 0.376 e. The van der Waals surface area contributed by atoms with Crippen LogP contribution >= 0.6 is 0 Å². The average molecular weight is 292 g/mol. The van der Waals surface area contributed by atoms with Crippen LogP contribution in [-0.4, -0.2) is 37.5 Å². The van der Waals surface area contributed by atoms with E-state index in [0.717, 1.165) is 25.5 Å². The van der Waals surface area contributed by atoms with E-state index in [2.05, 4.69) is 5.32 Å². The molecule has 1 aromatic carbocycles. The highest BCUT2D eigenvalue weighted by Gasteiger charge is 2.30. The maximum Gasteiger partial charge on any atom is 0.296 e. The summed E-state index contributed by atoms with van der Waals surface area (Å²) in [6.07, 6.45) is 2.10. The first-order chi connectivity index (χ1) is 10.1. The minimum Gasteiger partial charge on any atom is -0.376 e. The number of Topliss-reactive ketones (excluding diaryl/α,β-unsaturated/α-hetero) is 1. The Morgan fingerprint density at radius 1 is 1.43 bits per heavy atom. The van der Waals surface area contributed by atoms with Crippen LogP contribution in [0.15, 0.2) is 12.1 Å². The Hall–Kier alpha value is -1.95. The van der Waals surface area contributed by atoms with Crippen molar-refractivity contribution in [2.24, 2.45) is 0 Å². The Morgan fingerprint density at radius 2 is 2.24 bits per heavy atom. The highest BCUT2D eigenvalue weighted by atomic mass is 19.1. The second-order valence-electron chi connectivity index (χ2n) is 5.31. The fourth-order valence-electron chi connectivity index (χ4n) is 2.83. The molecule has 112 valence electrons. The highest BCUT2D eigenvalue weighted by molar-refractivity contribution is 6.51. The van der Waals surface area contributed by atoms with Gasteiger partial charge >= 0.3 is 0 Å². The number of benzene rings is 1. The highest BCUT2D eigenvalue weighted by Crippen LogP contribution is 2.31. The fraction of sp³-hybridized carbons (Fsp3) is 0.467. The number of carbonyl (C=O) groups excluding carboxylic acids is 2. The lowest BCUT2D eigenvalue weighted by atomic mass is 10.1. The summed E-state index contributed by atoms with van der Waals surface area (Å²) in [5, 5.41) is 2.47. The van der Waals surface area contributed by atoms with E-state index in [1.165, 1.54) is 6.07 Å². The van der Waals surface area contributed by atoms with Gasteiger partial charge in [0.05, 0.1) is 23.0 Å². The summed E-state index contributed by atoms with van der Waals surface area (Å²) in [5.41, 5.74) is 0.878. The lowest BCUT2D eigenvalue weighted by Gasteiger charge is -2.26. The molecule has 2 aliphatic rings. The van der Waals surface area contributed by atoms with Crippen molar-refractivity contribution in [1.82, 2.24) is 0 Å². The van der Waals surface area contributed by atoms with Gasteiger partial charge in [-0.2, -0.15) is 0 Å². The van der Waals surface area contributed by atoms with Gasteiger partial charge < -0.3 is 15.0 Å². The monoisotopic (exact) mass is 292 g/mol. The molecule has 1 fully saturated rings. The summed E-state index contributed by atoms with van der Waals surface area (Å²) in [5.74, 6) is -1.88. The van der Waals surface area contributed by atoms with Crippen LogP contribution in [0.2, 0.25) is 0 Å². The lowest BCUT2D eigenvalue weighted by molar-refractivity contribution is -0.112. The number of carbonyl (C=O) groups is 2. The molecule has 0 radical (unpaired) electrons. The van der Waals surface area contributed by atoms with Crippen molar-refractivity contribution in [2.45, 2.75) is 25.9 Å². The molecular weight excluding hydrogens is 275 g/mol. The average Bonchev–Trinajstić information content (AvgIpc) is 3.06. The maximum absolute atomic E-state index is 14.3. The molecule has 0 aromatic heterocycles. The number of amides is 1. The van der Waals surface area contributed by atoms with Crippen molar-refractivity contribution in [1.29, 1.82) is 0 Å². The molecule has 0 spiro atoms. The van der Waals surface area contributed by atoms with Crippen LogP contribution in [0.4, 0.5) is 15.8 Å². The molecule has 1 saturated heterocycles. The number of hydrogen-bond donors (Lipinski definition) is 1. The van der Waals surface area contributed by atoms with Crippen molar-refractivity contribution >= 4 is 23.1 Å². The lowest BCUT2D eigenvalue weighted by Crippen LogP contribution is -2.32. The number of ketones is 1. The molecule has 0 saturated carbocycles. The number of hydrogen-bond acceptors (Lipinski definition) is 4. The topological polar surface area (TPSA) is 58.6 Å². The van der Waals surface area contributed by atoms with Gasteiger partial charge in [0.25, 0.3) is 11.7 Å². The Morgan fingerprint density at radius 3 is 2.90 bits per heavy atom. The van der Waals surface area contributed by atoms with Crippen LogP contribution in [-0.2, 0) is 9.53 Å². The number of nitrogens with one attached hydrogen (secondary N) is 1. The van der Waals surface area contributed by atoms with Gasteiger partial charge in [-0.15, -0.1) is 0 Å². The van der Waals surface area contributed by atoms with Gasteiger partial charge in [-0.05, 0) is 31.9 Å². The summed E-state index contributed by atoms with van der Waals surface area (Å²) in [7, 11) is 0. The summed E-state index contributed by atoms with van der Waals surface area (Å²) in [6, 6.07) is 2.68. The molecule has 2 heterocycles. The normalized spacial score (nSPS) is 20.6. The van der Waals surface area contributed by atoms with E-state index in [1.807, 2.05) is 11.8 Å². The number of halogens is 1. The van der Waals surface area contributed by atoms with Crippen molar-refractivity contribution < 1.29 is 18.7 Å². The van der Waals surface area contributed by atoms with Gasteiger partial charge in [-0.3, -0.25) is 9.59 Å². The van der Waals surface area contributed by atoms with Crippen LogP contribution in [0.5, 0.6) is 0 Å². The smallest absolute Gasteiger partial charge is 0.296 e. The van der Waals surface area contributed by atoms with Gasteiger partial charge in [-0.25, -0.2) is 4.39 Å². The number of nitrogens with zero attached hydrogens (tertiary/aromatic N) is 1. The van der Waals surface area contributed by atoms with Gasteiger partial charge in [0.15, 0.2) is 0 Å². The predicted molar refractivity (Wildman–Crippen MR) is 76.2 cm³/mol. The molecule has 1 N–H and O–H groups in total. The van der Waals surface area contributed by atoms with Crippen LogP contribution in [0, 0.1) is 5.82 Å². The first kappa shape index (κ1) is 14.0. The summed E-state index contributed by atoms with van der Waals surface area (Å²) in [6.45, 7) is 3.91. The molecule has 1 amide bonds. The first-order valence-electron chi connectivity index (χ1n) is 7.16. The predicted octanol–water partition coefficient (Wildman–Crippen LogP) is 1.97. The molecule has 1 aromatic rings. The molecule has 0 aliphatic carbocycles. The standard InChI is InChI=1S/C15H17FN2O3/c1-2-18(8-9-4-3-5-21-9)13-7-12-10(6-11(13)16)14(19)15(20)17-12/h6-7,9H,2-5,8H2,1H3,(H,17,19,20). The van der Waals surface area contributed by atoms with Crippen LogP contribution in [0.25, 0.3) is 0 Å². The van der Waals surface area contributed by atoms with Gasteiger partial charge in [0, 0.05) is 19.7 Å². The number of ether oxygens (including phenoxy) is 1. The van der Waals surface area contributed by atoms with Crippen molar-refractivity contribution in [3.63, 3.8) is 0 Å². The van der Waals surface area contributed by atoms with Crippen LogP contribution < -0.4 is 10.2 Å². The SMILES string of the molecule is CCN(CC1CCCO1)c1cc2c(cc1F)C(=O)C(=O)N2. The second kappa shape index (κ2) is 5.44. The van der Waals surface area contributed by atoms with Crippen LogP contribution in [0.1, 0.15) is 30.1 Å². The van der Waals surface area contributed by atoms with E-state index in [9.17, 15) is 14.0 Å². The quantitative estimate of drug-likeness (QED) is 0.862. The summed E-state index contributed by atoms with van der Waals surface area (Å²) in [4.78, 5) is 24.8. The van der Waals surface area contributed by atoms with E-state index in [4.69, 9.17) is 4.74 Å². The third-order valence-electron chi connectivity index (χ3n) is 3.96. The summed E-state index contributed by atoms with van der Waals surface area (Å²) < 4.78 is 19.9. The minimum absolute atomic E-state index is 0.105. The van der Waals surface area contributed by atoms with E-state index in [1.54, 1.807) is 0 Å². The Labute approximate surface area is 122 Å². The molecule has 2 aliphatic heterocycles. The fourth-order valence-corrected chi connectivity index (χ4v) is 2.83. The molecule has 5 nitrogen and oxygen atoms in total. The zero-order chi connectivity index (χ0) is 15.0. The zero-order valence-corrected chi connectivity index (χ0v) is 11.8. The number of rotatable bonds is 4. The maximum atomic E-state index is 14.3. The first-order valence-corrected chi connectivity index (χ1v) is 7.16. The van der Waals surface area contributed by atoms with E-state index < -0.39 is 17.5 Å². The van der Waals surface area contributed by atoms with Crippen molar-refractivity contribution in [3.8, 4) is 0 Å². The third kappa shape index (κ3) is 2.51. The molecule has 3 rings (SSSR count). The Bertz CT molecular complexity index is 597. The van der Waals surface area contributed by atoms with Gasteiger partial charge in [-0.1, -0.05) is 0 Å². The Balaban J connectivity index is 1.88. The van der Waals surface area contributed by atoms with Gasteiger partial charge in [0.1, 0.15) is 5.82 Å². The number of likely N-dealkylation sites (N-methyl/N-ethyl adjacent to an activating group) is 1. The number of anilines is 2. The summed E-state index contributed by atoms with van der Waals surface area (Å²) >= 11 is 0. The third-order valence-corrected chi connectivity index (χ3v) is 3.96. The molecular formula is C15H17FN2O3. The number of fused-ring (bicyclic) bond motifs is 1.